The van der Waals surface area contributed by atoms with E-state index in [9.17, 15) is 22.8 Å². The van der Waals surface area contributed by atoms with Gasteiger partial charge >= 0.3 is 6.18 Å². The van der Waals surface area contributed by atoms with Gasteiger partial charge in [0, 0.05) is 10.6 Å². The highest BCUT2D eigenvalue weighted by Crippen LogP contribution is 2.31. The normalized spacial score (nSPS) is 12.9. The summed E-state index contributed by atoms with van der Waals surface area (Å²) in [4.78, 5) is 31.5. The Balaban J connectivity index is 1.95. The summed E-state index contributed by atoms with van der Waals surface area (Å²) >= 11 is 1.40. The van der Waals surface area contributed by atoms with Gasteiger partial charge in [-0.2, -0.15) is 13.2 Å². The zero-order valence-corrected chi connectivity index (χ0v) is 16.2. The number of halogens is 3. The van der Waals surface area contributed by atoms with Crippen LogP contribution in [0, 0.1) is 13.8 Å². The van der Waals surface area contributed by atoms with Crippen LogP contribution >= 0.6 is 11.3 Å². The number of hydrogen-bond donors (Lipinski definition) is 1. The Labute approximate surface area is 162 Å². The lowest BCUT2D eigenvalue weighted by atomic mass is 10.1. The molecule has 0 saturated heterocycles. The van der Waals surface area contributed by atoms with Crippen LogP contribution in [0.3, 0.4) is 0 Å². The van der Waals surface area contributed by atoms with Crippen LogP contribution in [-0.2, 0) is 11.0 Å². The van der Waals surface area contributed by atoms with E-state index in [4.69, 9.17) is 0 Å². The van der Waals surface area contributed by atoms with Gasteiger partial charge in [-0.1, -0.05) is 13.0 Å². The second-order valence-corrected chi connectivity index (χ2v) is 7.62. The first-order valence-electron chi connectivity index (χ1n) is 8.58. The van der Waals surface area contributed by atoms with Crippen LogP contribution in [0.4, 0.5) is 18.9 Å². The fourth-order valence-electron chi connectivity index (χ4n) is 2.98. The molecule has 0 saturated carbocycles. The summed E-state index contributed by atoms with van der Waals surface area (Å²) in [6.07, 6.45) is -2.91. The molecule has 0 radical (unpaired) electrons. The number of aryl methyl sites for hydroxylation is 2. The first-order valence-corrected chi connectivity index (χ1v) is 9.40. The third-order valence-corrected chi connectivity index (χ3v) is 5.71. The molecule has 0 aliphatic carbocycles. The maximum absolute atomic E-state index is 12.9. The lowest BCUT2D eigenvalue weighted by Crippen LogP contribution is -2.33. The van der Waals surface area contributed by atoms with Gasteiger partial charge in [0.1, 0.15) is 10.9 Å². The summed E-state index contributed by atoms with van der Waals surface area (Å²) in [5.41, 5.74) is -0.358. The lowest BCUT2D eigenvalue weighted by molar-refractivity contribution is -0.137. The summed E-state index contributed by atoms with van der Waals surface area (Å²) in [6.45, 7) is 5.44. The van der Waals surface area contributed by atoms with Crippen LogP contribution in [0.2, 0.25) is 0 Å². The number of carbonyl (C=O) groups excluding carboxylic acids is 1. The Hall–Kier alpha value is -2.68. The third-order valence-electron chi connectivity index (χ3n) is 4.60. The number of thiophene rings is 1. The zero-order chi connectivity index (χ0) is 20.6. The van der Waals surface area contributed by atoms with Crippen LogP contribution in [0.1, 0.15) is 35.4 Å². The van der Waals surface area contributed by atoms with E-state index in [0.29, 0.717) is 10.2 Å². The number of alkyl halides is 3. The molecular weight excluding hydrogens is 391 g/mol. The lowest BCUT2D eigenvalue weighted by Gasteiger charge is -2.18. The van der Waals surface area contributed by atoms with E-state index in [2.05, 4.69) is 10.3 Å². The van der Waals surface area contributed by atoms with Gasteiger partial charge in [-0.15, -0.1) is 11.3 Å². The maximum Gasteiger partial charge on any atom is 0.416 e. The predicted octanol–water partition coefficient (Wildman–Crippen LogP) is 4.68. The fourth-order valence-corrected chi connectivity index (χ4v) is 3.96. The van der Waals surface area contributed by atoms with Crippen LogP contribution in [0.25, 0.3) is 10.2 Å². The summed E-state index contributed by atoms with van der Waals surface area (Å²) < 4.78 is 39.9. The molecule has 1 unspecified atom stereocenters. The number of carbonyl (C=O) groups is 1. The first-order chi connectivity index (χ1) is 13.1. The molecule has 1 aromatic carbocycles. The van der Waals surface area contributed by atoms with Crippen LogP contribution in [-0.4, -0.2) is 15.5 Å². The van der Waals surface area contributed by atoms with Crippen molar-refractivity contribution < 1.29 is 18.0 Å². The Bertz CT molecular complexity index is 1100. The van der Waals surface area contributed by atoms with E-state index >= 15 is 0 Å². The summed E-state index contributed by atoms with van der Waals surface area (Å²) in [5.74, 6) is -0.574. The smallest absolute Gasteiger partial charge is 0.324 e. The largest absolute Gasteiger partial charge is 0.416 e. The van der Waals surface area contributed by atoms with Crippen molar-refractivity contribution in [3.8, 4) is 0 Å². The van der Waals surface area contributed by atoms with Crippen molar-refractivity contribution in [3.05, 3.63) is 57.0 Å². The maximum atomic E-state index is 12.9. The van der Waals surface area contributed by atoms with Crippen LogP contribution in [0.15, 0.2) is 35.4 Å². The number of anilines is 1. The number of nitrogens with zero attached hydrogens (tertiary/aromatic N) is 2. The summed E-state index contributed by atoms with van der Waals surface area (Å²) in [7, 11) is 0. The quantitative estimate of drug-likeness (QED) is 0.680. The summed E-state index contributed by atoms with van der Waals surface area (Å²) in [5, 5.41) is 2.94. The van der Waals surface area contributed by atoms with Gasteiger partial charge in [-0.05, 0) is 44.0 Å². The van der Waals surface area contributed by atoms with Crippen molar-refractivity contribution in [2.75, 3.05) is 5.32 Å². The van der Waals surface area contributed by atoms with Crippen LogP contribution in [0.5, 0.6) is 0 Å². The average Bonchev–Trinajstić information content (AvgIpc) is 2.92. The SMILES string of the molecule is CCC(C(=O)Nc1cccc(C(F)(F)F)c1)n1cnc2sc(C)c(C)c2c1=O. The van der Waals surface area contributed by atoms with Gasteiger partial charge in [0.2, 0.25) is 5.91 Å². The monoisotopic (exact) mass is 409 g/mol. The van der Waals surface area contributed by atoms with E-state index in [0.717, 1.165) is 22.6 Å². The highest BCUT2D eigenvalue weighted by molar-refractivity contribution is 7.18. The molecular formula is C19H18F3N3O2S. The zero-order valence-electron chi connectivity index (χ0n) is 15.4. The van der Waals surface area contributed by atoms with Crippen molar-refractivity contribution in [1.82, 2.24) is 9.55 Å². The molecule has 0 aliphatic rings. The molecule has 1 N–H and O–H groups in total. The minimum atomic E-state index is -4.51. The van der Waals surface area contributed by atoms with Gasteiger partial charge in [-0.25, -0.2) is 4.98 Å². The Morgan fingerprint density at radius 2 is 2.04 bits per heavy atom. The van der Waals surface area contributed by atoms with E-state index in [-0.39, 0.29) is 17.7 Å². The molecule has 9 heteroatoms. The molecule has 3 aromatic rings. The van der Waals surface area contributed by atoms with E-state index in [1.54, 1.807) is 6.92 Å². The molecule has 0 aliphatic heterocycles. The number of fused-ring (bicyclic) bond motifs is 1. The molecule has 5 nitrogen and oxygen atoms in total. The molecule has 148 valence electrons. The molecule has 0 spiro atoms. The number of hydrogen-bond acceptors (Lipinski definition) is 4. The van der Waals surface area contributed by atoms with Crippen molar-refractivity contribution in [2.24, 2.45) is 0 Å². The average molecular weight is 409 g/mol. The Morgan fingerprint density at radius 1 is 1.32 bits per heavy atom. The molecule has 28 heavy (non-hydrogen) atoms. The molecule has 0 fully saturated rings. The van der Waals surface area contributed by atoms with Gasteiger partial charge < -0.3 is 5.32 Å². The van der Waals surface area contributed by atoms with Gasteiger partial charge in [0.15, 0.2) is 0 Å². The van der Waals surface area contributed by atoms with Crippen molar-refractivity contribution in [1.29, 1.82) is 0 Å². The number of benzene rings is 1. The standard InChI is InChI=1S/C19H18F3N3O2S/c1-4-14(16(26)24-13-7-5-6-12(8-13)19(20,21)22)25-9-23-17-15(18(25)27)10(2)11(3)28-17/h5-9,14H,4H2,1-3H3,(H,24,26). The molecule has 1 atom stereocenters. The van der Waals surface area contributed by atoms with Crippen molar-refractivity contribution in [3.63, 3.8) is 0 Å². The van der Waals surface area contributed by atoms with Crippen LogP contribution < -0.4 is 10.9 Å². The second kappa shape index (κ2) is 7.38. The first kappa shape index (κ1) is 20.1. The Morgan fingerprint density at radius 3 is 2.68 bits per heavy atom. The molecule has 2 aromatic heterocycles. The predicted molar refractivity (Wildman–Crippen MR) is 103 cm³/mol. The van der Waals surface area contributed by atoms with Gasteiger partial charge in [0.05, 0.1) is 17.3 Å². The highest BCUT2D eigenvalue weighted by Gasteiger charge is 2.31. The third kappa shape index (κ3) is 3.66. The number of aromatic nitrogens is 2. The number of amides is 1. The molecule has 3 rings (SSSR count). The molecule has 0 bridgehead atoms. The van der Waals surface area contributed by atoms with Gasteiger partial charge in [-0.3, -0.25) is 14.2 Å². The fraction of sp³-hybridized carbons (Fsp3) is 0.316. The Kier molecular flexibility index (Phi) is 5.29. The molecule has 2 heterocycles. The second-order valence-electron chi connectivity index (χ2n) is 6.41. The van der Waals surface area contributed by atoms with Crippen molar-refractivity contribution >= 4 is 33.1 Å². The van der Waals surface area contributed by atoms with E-state index < -0.39 is 23.7 Å². The van der Waals surface area contributed by atoms with Crippen molar-refractivity contribution in [2.45, 2.75) is 39.4 Å². The minimum absolute atomic E-state index is 0.0166. The highest BCUT2D eigenvalue weighted by atomic mass is 32.1. The molecule has 1 amide bonds. The van der Waals surface area contributed by atoms with E-state index in [1.165, 1.54) is 34.4 Å². The van der Waals surface area contributed by atoms with Gasteiger partial charge in [0.25, 0.3) is 5.56 Å². The summed E-state index contributed by atoms with van der Waals surface area (Å²) in [6, 6.07) is 3.49. The minimum Gasteiger partial charge on any atom is -0.324 e. The topological polar surface area (TPSA) is 64.0 Å². The number of rotatable bonds is 4. The van der Waals surface area contributed by atoms with E-state index in [1.807, 2.05) is 13.8 Å². The number of nitrogens with one attached hydrogen (secondary N) is 1.